The van der Waals surface area contributed by atoms with Gasteiger partial charge in [0, 0.05) is 17.6 Å². The first kappa shape index (κ1) is 28.4. The molecule has 1 N–H and O–H groups in total. The zero-order valence-corrected chi connectivity index (χ0v) is 23.0. The summed E-state index contributed by atoms with van der Waals surface area (Å²) in [6, 6.07) is 17.4. The van der Waals surface area contributed by atoms with E-state index in [2.05, 4.69) is 20.7 Å². The lowest BCUT2D eigenvalue weighted by Crippen LogP contribution is -2.47. The summed E-state index contributed by atoms with van der Waals surface area (Å²) < 4.78 is 28.2. The number of nitrogens with one attached hydrogen (secondary N) is 1. The number of aromatic nitrogens is 4. The lowest BCUT2D eigenvalue weighted by molar-refractivity contribution is -0.142. The van der Waals surface area contributed by atoms with E-state index in [1.54, 1.807) is 36.4 Å². The third-order valence-corrected chi connectivity index (χ3v) is 7.53. The monoisotopic (exact) mass is 578 g/mol. The fourth-order valence-electron chi connectivity index (χ4n) is 5.05. The van der Waals surface area contributed by atoms with Gasteiger partial charge < -0.3 is 10.2 Å². The van der Waals surface area contributed by atoms with Crippen molar-refractivity contribution in [2.75, 3.05) is 0 Å². The van der Waals surface area contributed by atoms with Gasteiger partial charge in [0.2, 0.25) is 17.6 Å². The average molecular weight is 579 g/mol. The van der Waals surface area contributed by atoms with Crippen LogP contribution >= 0.6 is 11.6 Å². The highest BCUT2D eigenvalue weighted by Gasteiger charge is 2.34. The van der Waals surface area contributed by atoms with Crippen LogP contribution in [0.25, 0.3) is 11.4 Å². The van der Waals surface area contributed by atoms with Crippen molar-refractivity contribution >= 4 is 23.4 Å². The molecule has 0 bridgehead atoms. The Hall–Kier alpha value is -4.18. The van der Waals surface area contributed by atoms with Crippen molar-refractivity contribution in [1.29, 1.82) is 0 Å². The van der Waals surface area contributed by atoms with Crippen LogP contribution in [0.1, 0.15) is 49.3 Å². The van der Waals surface area contributed by atoms with Crippen LogP contribution in [-0.4, -0.2) is 43.0 Å². The number of benzene rings is 3. The number of hydrogen-bond acceptors (Lipinski definition) is 5. The summed E-state index contributed by atoms with van der Waals surface area (Å²) in [5.41, 5.74) is 1.22. The zero-order chi connectivity index (χ0) is 28.8. The van der Waals surface area contributed by atoms with Gasteiger partial charge in [-0.2, -0.15) is 4.80 Å². The van der Waals surface area contributed by atoms with E-state index in [1.807, 2.05) is 0 Å². The van der Waals surface area contributed by atoms with Crippen molar-refractivity contribution in [2.24, 2.45) is 0 Å². The quantitative estimate of drug-likeness (QED) is 0.283. The molecule has 41 heavy (non-hydrogen) atoms. The maximum atomic E-state index is 14.3. The molecule has 2 amide bonds. The third-order valence-electron chi connectivity index (χ3n) is 7.16. The van der Waals surface area contributed by atoms with Crippen LogP contribution in [-0.2, 0) is 22.7 Å². The van der Waals surface area contributed by atoms with E-state index in [0.29, 0.717) is 16.1 Å². The molecule has 212 valence electrons. The average Bonchev–Trinajstić information content (AvgIpc) is 3.43. The summed E-state index contributed by atoms with van der Waals surface area (Å²) >= 11 is 6.46. The number of amides is 2. The van der Waals surface area contributed by atoms with E-state index >= 15 is 0 Å². The summed E-state index contributed by atoms with van der Waals surface area (Å²) in [6.07, 6.45) is 4.84. The highest BCUT2D eigenvalue weighted by Crippen LogP contribution is 2.28. The van der Waals surface area contributed by atoms with Gasteiger partial charge in [-0.3, -0.25) is 9.59 Å². The summed E-state index contributed by atoms with van der Waals surface area (Å²) in [5.74, 6) is -1.83. The highest BCUT2D eigenvalue weighted by atomic mass is 35.5. The smallest absolute Gasteiger partial charge is 0.247 e. The largest absolute Gasteiger partial charge is 0.351 e. The molecule has 0 radical (unpaired) electrons. The van der Waals surface area contributed by atoms with Gasteiger partial charge in [-0.15, -0.1) is 10.2 Å². The molecule has 1 aliphatic carbocycles. The first-order valence-corrected chi connectivity index (χ1v) is 13.9. The van der Waals surface area contributed by atoms with E-state index in [-0.39, 0.29) is 36.4 Å². The molecule has 4 aromatic rings. The van der Waals surface area contributed by atoms with Crippen LogP contribution in [0.3, 0.4) is 0 Å². The molecule has 0 aliphatic heterocycles. The van der Waals surface area contributed by atoms with Crippen molar-refractivity contribution in [1.82, 2.24) is 30.4 Å². The normalized spacial score (nSPS) is 14.4. The van der Waals surface area contributed by atoms with Gasteiger partial charge in [0.1, 0.15) is 24.2 Å². The second-order valence-corrected chi connectivity index (χ2v) is 10.4. The second kappa shape index (κ2) is 13.0. The Balaban J connectivity index is 1.49. The van der Waals surface area contributed by atoms with Gasteiger partial charge in [0.25, 0.3) is 0 Å². The molecular formula is C30H29ClF2N6O2. The molecule has 11 heteroatoms. The minimum atomic E-state index is -1.09. The maximum absolute atomic E-state index is 14.3. The minimum absolute atomic E-state index is 0.00644. The first-order valence-electron chi connectivity index (χ1n) is 13.5. The fraction of sp³-hybridized carbons (Fsp3) is 0.300. The molecule has 1 fully saturated rings. The van der Waals surface area contributed by atoms with Crippen LogP contribution in [0.5, 0.6) is 0 Å². The van der Waals surface area contributed by atoms with Crippen molar-refractivity contribution in [3.05, 3.63) is 101 Å². The number of rotatable bonds is 9. The Morgan fingerprint density at radius 1 is 0.976 bits per heavy atom. The van der Waals surface area contributed by atoms with Crippen molar-refractivity contribution in [2.45, 2.75) is 57.3 Å². The van der Waals surface area contributed by atoms with E-state index in [1.165, 1.54) is 41.3 Å². The van der Waals surface area contributed by atoms with Crippen LogP contribution < -0.4 is 5.32 Å². The molecule has 1 heterocycles. The van der Waals surface area contributed by atoms with E-state index in [0.717, 1.165) is 36.9 Å². The molecular weight excluding hydrogens is 550 g/mol. The fourth-order valence-corrected chi connectivity index (χ4v) is 5.25. The van der Waals surface area contributed by atoms with Crippen LogP contribution in [0.15, 0.2) is 72.8 Å². The Bertz CT molecular complexity index is 1510. The SMILES string of the molecule is O=C(NC1CCCCC1)[C@@H](c1ccc(F)cc1)N(Cc1ccccc1Cl)C(=O)Cn1nnc(-c2ccccc2F)n1. The topological polar surface area (TPSA) is 93.0 Å². The van der Waals surface area contributed by atoms with Gasteiger partial charge >= 0.3 is 0 Å². The summed E-state index contributed by atoms with van der Waals surface area (Å²) in [4.78, 5) is 30.3. The Morgan fingerprint density at radius 2 is 1.68 bits per heavy atom. The maximum Gasteiger partial charge on any atom is 0.247 e. The Labute approximate surface area is 241 Å². The van der Waals surface area contributed by atoms with Gasteiger partial charge in [0.05, 0.1) is 5.56 Å². The van der Waals surface area contributed by atoms with Gasteiger partial charge in [0.15, 0.2) is 0 Å². The number of tetrazole rings is 1. The lowest BCUT2D eigenvalue weighted by atomic mass is 9.94. The third kappa shape index (κ3) is 6.94. The molecule has 0 spiro atoms. The Morgan fingerprint density at radius 3 is 2.41 bits per heavy atom. The molecule has 1 aliphatic rings. The first-order chi connectivity index (χ1) is 19.9. The van der Waals surface area contributed by atoms with Crippen molar-refractivity contribution in [3.8, 4) is 11.4 Å². The number of carbonyl (C=O) groups excluding carboxylic acids is 2. The van der Waals surface area contributed by atoms with E-state index in [4.69, 9.17) is 11.6 Å². The summed E-state index contributed by atoms with van der Waals surface area (Å²) in [6.45, 7) is -0.381. The van der Waals surface area contributed by atoms with Crippen molar-refractivity contribution < 1.29 is 18.4 Å². The molecule has 0 saturated heterocycles. The summed E-state index contributed by atoms with van der Waals surface area (Å²) in [7, 11) is 0. The van der Waals surface area contributed by atoms with Crippen LogP contribution in [0.4, 0.5) is 8.78 Å². The van der Waals surface area contributed by atoms with E-state index in [9.17, 15) is 18.4 Å². The van der Waals surface area contributed by atoms with Crippen LogP contribution in [0, 0.1) is 11.6 Å². The molecule has 1 aromatic heterocycles. The van der Waals surface area contributed by atoms with Gasteiger partial charge in [-0.05, 0) is 59.5 Å². The molecule has 0 unspecified atom stereocenters. The Kier molecular flexibility index (Phi) is 8.98. The van der Waals surface area contributed by atoms with Gasteiger partial charge in [-0.25, -0.2) is 8.78 Å². The molecule has 5 rings (SSSR count). The van der Waals surface area contributed by atoms with Gasteiger partial charge in [-0.1, -0.05) is 73.3 Å². The second-order valence-electron chi connectivity index (χ2n) is 10.0. The van der Waals surface area contributed by atoms with Crippen molar-refractivity contribution in [3.63, 3.8) is 0 Å². The molecule has 1 saturated carbocycles. The lowest BCUT2D eigenvalue weighted by Gasteiger charge is -2.33. The predicted octanol–water partition coefficient (Wildman–Crippen LogP) is 5.49. The minimum Gasteiger partial charge on any atom is -0.351 e. The standard InChI is InChI=1S/C30H29ClF2N6O2/c31-25-12-6-4-8-21(25)18-38(27(40)19-39-36-29(35-37-39)24-11-5-7-13-26(24)33)28(20-14-16-22(32)17-15-20)30(41)34-23-9-2-1-3-10-23/h4-8,11-17,23,28H,1-3,9-10,18-19H2,(H,34,41)/t28-/m1/s1. The molecule has 8 nitrogen and oxygen atoms in total. The number of hydrogen-bond donors (Lipinski definition) is 1. The number of nitrogens with zero attached hydrogens (tertiary/aromatic N) is 5. The number of halogens is 3. The number of carbonyl (C=O) groups is 2. The molecule has 3 aromatic carbocycles. The van der Waals surface area contributed by atoms with Crippen LogP contribution in [0.2, 0.25) is 5.02 Å². The highest BCUT2D eigenvalue weighted by molar-refractivity contribution is 6.31. The predicted molar refractivity (Wildman–Crippen MR) is 149 cm³/mol. The summed E-state index contributed by atoms with van der Waals surface area (Å²) in [5, 5.41) is 15.6. The van der Waals surface area contributed by atoms with E-state index < -0.39 is 23.6 Å². The zero-order valence-electron chi connectivity index (χ0n) is 22.2. The molecule has 1 atom stereocenters.